The number of nitro groups is 1. The third kappa shape index (κ3) is 6.10. The summed E-state index contributed by atoms with van der Waals surface area (Å²) < 4.78 is 5.26. The van der Waals surface area contributed by atoms with E-state index in [1.165, 1.54) is 24.3 Å². The zero-order valence-corrected chi connectivity index (χ0v) is 16.7. The van der Waals surface area contributed by atoms with Crippen LogP contribution in [0.15, 0.2) is 76.4 Å². The van der Waals surface area contributed by atoms with E-state index in [0.29, 0.717) is 24.1 Å². The van der Waals surface area contributed by atoms with Crippen molar-refractivity contribution in [2.45, 2.75) is 19.8 Å². The molecule has 0 fully saturated rings. The van der Waals surface area contributed by atoms with Crippen LogP contribution in [0.25, 0.3) is 0 Å². The van der Waals surface area contributed by atoms with Crippen LogP contribution in [0.4, 0.5) is 11.4 Å². The van der Waals surface area contributed by atoms with Crippen molar-refractivity contribution in [1.82, 2.24) is 5.43 Å². The molecule has 0 aliphatic carbocycles. The molecule has 3 aromatic rings. The fraction of sp³-hybridized carbons (Fsp3) is 0.136. The molecule has 31 heavy (non-hydrogen) atoms. The van der Waals surface area contributed by atoms with Gasteiger partial charge in [-0.25, -0.2) is 5.43 Å². The second kappa shape index (κ2) is 9.97. The SMILES string of the molecule is CC(CCc1ccco1)=NNC(=O)c1ccc(NC(=O)c2ccc([N+](=O)[O-])cc2)cc1. The number of anilines is 1. The van der Waals surface area contributed by atoms with Gasteiger partial charge in [-0.05, 0) is 61.9 Å². The molecule has 0 bridgehead atoms. The lowest BCUT2D eigenvalue weighted by molar-refractivity contribution is -0.384. The second-order valence-electron chi connectivity index (χ2n) is 6.70. The largest absolute Gasteiger partial charge is 0.469 e. The molecule has 0 radical (unpaired) electrons. The van der Waals surface area contributed by atoms with Gasteiger partial charge in [0.15, 0.2) is 0 Å². The molecule has 1 aromatic heterocycles. The van der Waals surface area contributed by atoms with Gasteiger partial charge in [0, 0.05) is 41.1 Å². The standard InChI is InChI=1S/C22H20N4O5/c1-15(4-13-20-3-2-14-31-20)24-25-22(28)17-5-9-18(10-6-17)23-21(27)16-7-11-19(12-8-16)26(29)30/h2-3,5-12,14H,4,13H2,1H3,(H,23,27)(H,25,28). The number of hydrazone groups is 1. The maximum Gasteiger partial charge on any atom is 0.271 e. The van der Waals surface area contributed by atoms with Crippen molar-refractivity contribution in [3.8, 4) is 0 Å². The van der Waals surface area contributed by atoms with Crippen LogP contribution in [-0.2, 0) is 6.42 Å². The summed E-state index contributed by atoms with van der Waals surface area (Å²) >= 11 is 0. The molecular weight excluding hydrogens is 400 g/mol. The summed E-state index contributed by atoms with van der Waals surface area (Å²) in [6.07, 6.45) is 2.96. The minimum atomic E-state index is -0.532. The van der Waals surface area contributed by atoms with E-state index in [1.807, 2.05) is 19.1 Å². The third-order valence-corrected chi connectivity index (χ3v) is 4.41. The first-order valence-electron chi connectivity index (χ1n) is 9.44. The lowest BCUT2D eigenvalue weighted by Crippen LogP contribution is -2.19. The van der Waals surface area contributed by atoms with Crippen molar-refractivity contribution in [2.24, 2.45) is 5.10 Å². The molecule has 2 amide bonds. The summed E-state index contributed by atoms with van der Waals surface area (Å²) in [4.78, 5) is 34.7. The Balaban J connectivity index is 1.52. The van der Waals surface area contributed by atoms with Crippen LogP contribution < -0.4 is 10.7 Å². The number of hydrogen-bond acceptors (Lipinski definition) is 6. The van der Waals surface area contributed by atoms with Crippen LogP contribution in [0.2, 0.25) is 0 Å². The van der Waals surface area contributed by atoms with Crippen LogP contribution in [0, 0.1) is 10.1 Å². The number of carbonyl (C=O) groups is 2. The van der Waals surface area contributed by atoms with E-state index >= 15 is 0 Å². The van der Waals surface area contributed by atoms with Crippen LogP contribution in [0.1, 0.15) is 39.8 Å². The first-order chi connectivity index (χ1) is 14.9. The Hall–Kier alpha value is -4.27. The van der Waals surface area contributed by atoms with Gasteiger partial charge in [-0.2, -0.15) is 5.10 Å². The third-order valence-electron chi connectivity index (χ3n) is 4.41. The molecule has 0 saturated heterocycles. The number of aryl methyl sites for hydroxylation is 1. The van der Waals surface area contributed by atoms with Gasteiger partial charge in [-0.15, -0.1) is 0 Å². The van der Waals surface area contributed by atoms with Gasteiger partial charge in [0.1, 0.15) is 5.76 Å². The number of amides is 2. The van der Waals surface area contributed by atoms with Gasteiger partial charge < -0.3 is 9.73 Å². The molecule has 0 spiro atoms. The molecule has 0 saturated carbocycles. The molecule has 2 N–H and O–H groups in total. The average molecular weight is 420 g/mol. The predicted molar refractivity (Wildman–Crippen MR) is 115 cm³/mol. The number of benzene rings is 2. The fourth-order valence-corrected chi connectivity index (χ4v) is 2.67. The Morgan fingerprint density at radius 2 is 1.65 bits per heavy atom. The average Bonchev–Trinajstić information content (AvgIpc) is 3.30. The zero-order valence-electron chi connectivity index (χ0n) is 16.7. The smallest absolute Gasteiger partial charge is 0.271 e. The number of non-ortho nitro benzene ring substituents is 1. The molecule has 9 heteroatoms. The summed E-state index contributed by atoms with van der Waals surface area (Å²) in [5, 5.41) is 17.4. The Kier molecular flexibility index (Phi) is 6.89. The minimum absolute atomic E-state index is 0.0919. The predicted octanol–water partition coefficient (Wildman–Crippen LogP) is 4.18. The van der Waals surface area contributed by atoms with Gasteiger partial charge in [-0.1, -0.05) is 0 Å². The summed E-state index contributed by atoms with van der Waals surface area (Å²) in [6, 6.07) is 15.3. The van der Waals surface area contributed by atoms with Gasteiger partial charge in [-0.3, -0.25) is 19.7 Å². The summed E-state index contributed by atoms with van der Waals surface area (Å²) in [5.74, 6) is 0.0710. The quantitative estimate of drug-likeness (QED) is 0.321. The van der Waals surface area contributed by atoms with Crippen molar-refractivity contribution >= 4 is 28.9 Å². The van der Waals surface area contributed by atoms with E-state index in [2.05, 4.69) is 15.8 Å². The number of furan rings is 1. The highest BCUT2D eigenvalue weighted by atomic mass is 16.6. The van der Waals surface area contributed by atoms with Gasteiger partial charge >= 0.3 is 0 Å². The summed E-state index contributed by atoms with van der Waals surface area (Å²) in [5.41, 5.74) is 4.33. The molecule has 1 heterocycles. The zero-order chi connectivity index (χ0) is 22.2. The number of carbonyl (C=O) groups excluding carboxylic acids is 2. The molecule has 2 aromatic carbocycles. The van der Waals surface area contributed by atoms with Crippen LogP contribution in [-0.4, -0.2) is 22.4 Å². The number of nitro benzene ring substituents is 1. The van der Waals surface area contributed by atoms with Crippen molar-refractivity contribution in [3.05, 3.63) is 93.9 Å². The van der Waals surface area contributed by atoms with E-state index in [-0.39, 0.29) is 17.2 Å². The Morgan fingerprint density at radius 3 is 2.26 bits per heavy atom. The van der Waals surface area contributed by atoms with Crippen molar-refractivity contribution < 1.29 is 18.9 Å². The van der Waals surface area contributed by atoms with Crippen LogP contribution in [0.3, 0.4) is 0 Å². The molecule has 3 rings (SSSR count). The van der Waals surface area contributed by atoms with Crippen LogP contribution >= 0.6 is 0 Å². The number of nitrogens with zero attached hydrogens (tertiary/aromatic N) is 2. The first kappa shape index (κ1) is 21.4. The highest BCUT2D eigenvalue weighted by Crippen LogP contribution is 2.15. The van der Waals surface area contributed by atoms with Crippen molar-refractivity contribution in [3.63, 3.8) is 0 Å². The molecule has 0 atom stereocenters. The van der Waals surface area contributed by atoms with Crippen LogP contribution in [0.5, 0.6) is 0 Å². The van der Waals surface area contributed by atoms with E-state index in [9.17, 15) is 19.7 Å². The van der Waals surface area contributed by atoms with Gasteiger partial charge in [0.25, 0.3) is 17.5 Å². The molecule has 0 aliphatic heterocycles. The number of hydrogen-bond donors (Lipinski definition) is 2. The molecule has 9 nitrogen and oxygen atoms in total. The Bertz CT molecular complexity index is 1090. The Labute approximate surface area is 177 Å². The van der Waals surface area contributed by atoms with E-state index in [1.54, 1.807) is 30.5 Å². The Morgan fingerprint density at radius 1 is 1.00 bits per heavy atom. The molecule has 0 aliphatic rings. The highest BCUT2D eigenvalue weighted by molar-refractivity contribution is 6.04. The van der Waals surface area contributed by atoms with Gasteiger partial charge in [0.05, 0.1) is 11.2 Å². The fourth-order valence-electron chi connectivity index (χ4n) is 2.67. The monoisotopic (exact) mass is 420 g/mol. The molecule has 158 valence electrons. The van der Waals surface area contributed by atoms with E-state index < -0.39 is 10.8 Å². The summed E-state index contributed by atoms with van der Waals surface area (Å²) in [6.45, 7) is 1.82. The summed E-state index contributed by atoms with van der Waals surface area (Å²) in [7, 11) is 0. The maximum absolute atomic E-state index is 12.3. The topological polar surface area (TPSA) is 127 Å². The maximum atomic E-state index is 12.3. The van der Waals surface area contributed by atoms with Crippen molar-refractivity contribution in [2.75, 3.05) is 5.32 Å². The highest BCUT2D eigenvalue weighted by Gasteiger charge is 2.11. The van der Waals surface area contributed by atoms with Crippen molar-refractivity contribution in [1.29, 1.82) is 0 Å². The van der Waals surface area contributed by atoms with E-state index in [4.69, 9.17) is 4.42 Å². The normalized spacial score (nSPS) is 11.1. The van der Waals surface area contributed by atoms with Gasteiger partial charge in [0.2, 0.25) is 0 Å². The minimum Gasteiger partial charge on any atom is -0.469 e. The second-order valence-corrected chi connectivity index (χ2v) is 6.70. The number of nitrogens with one attached hydrogen (secondary N) is 2. The lowest BCUT2D eigenvalue weighted by Gasteiger charge is -2.07. The first-order valence-corrected chi connectivity index (χ1v) is 9.44. The molecule has 0 unspecified atom stereocenters. The lowest BCUT2D eigenvalue weighted by atomic mass is 10.1. The number of rotatable bonds is 8. The molecular formula is C22H20N4O5. The van der Waals surface area contributed by atoms with E-state index in [0.717, 1.165) is 11.5 Å².